The molecule has 0 saturated heterocycles. The second-order valence-electron chi connectivity index (χ2n) is 4.62. The molecule has 0 aromatic carbocycles. The van der Waals surface area contributed by atoms with Crippen LogP contribution in [0.2, 0.25) is 0 Å². The Labute approximate surface area is 91.0 Å². The van der Waals surface area contributed by atoms with E-state index in [4.69, 9.17) is 9.84 Å². The van der Waals surface area contributed by atoms with E-state index in [1.807, 2.05) is 13.8 Å². The van der Waals surface area contributed by atoms with Crippen molar-refractivity contribution in [3.63, 3.8) is 0 Å². The van der Waals surface area contributed by atoms with E-state index in [1.165, 1.54) is 0 Å². The normalized spacial score (nSPS) is 25.6. The Morgan fingerprint density at radius 2 is 2.27 bits per heavy atom. The average molecular weight is 215 g/mol. The predicted octanol–water partition coefficient (Wildman–Crippen LogP) is 1.53. The molecule has 1 amide bonds. The monoisotopic (exact) mass is 215 g/mol. The number of aliphatic hydroxyl groups excluding tert-OH is 1. The van der Waals surface area contributed by atoms with Crippen LogP contribution in [0.1, 0.15) is 33.1 Å². The Balaban J connectivity index is 2.24. The van der Waals surface area contributed by atoms with Crippen molar-refractivity contribution in [3.05, 3.63) is 0 Å². The number of hydrogen-bond donors (Lipinski definition) is 2. The fourth-order valence-corrected chi connectivity index (χ4v) is 1.88. The zero-order valence-electron chi connectivity index (χ0n) is 9.53. The summed E-state index contributed by atoms with van der Waals surface area (Å²) >= 11 is 0. The summed E-state index contributed by atoms with van der Waals surface area (Å²) < 4.78 is 5.03. The van der Waals surface area contributed by atoms with Gasteiger partial charge in [0, 0.05) is 18.6 Å². The average Bonchev–Trinajstić information content (AvgIpc) is 2.62. The zero-order valence-corrected chi connectivity index (χ0v) is 9.53. The van der Waals surface area contributed by atoms with Crippen LogP contribution in [0.3, 0.4) is 0 Å². The van der Waals surface area contributed by atoms with Crippen molar-refractivity contribution >= 4 is 6.09 Å². The van der Waals surface area contributed by atoms with Gasteiger partial charge in [0.05, 0.1) is 6.61 Å². The summed E-state index contributed by atoms with van der Waals surface area (Å²) in [4.78, 5) is 11.3. The zero-order chi connectivity index (χ0) is 11.3. The maximum Gasteiger partial charge on any atom is 0.407 e. The Kier molecular flexibility index (Phi) is 4.88. The quantitative estimate of drug-likeness (QED) is 0.747. The minimum absolute atomic E-state index is 0.0923. The summed E-state index contributed by atoms with van der Waals surface area (Å²) in [5, 5.41) is 11.9. The van der Waals surface area contributed by atoms with Crippen molar-refractivity contribution in [1.29, 1.82) is 0 Å². The van der Waals surface area contributed by atoms with E-state index in [-0.39, 0.29) is 24.7 Å². The summed E-state index contributed by atoms with van der Waals surface area (Å²) in [5.41, 5.74) is 0. The maximum absolute atomic E-state index is 11.3. The topological polar surface area (TPSA) is 58.6 Å². The number of carbonyl (C=O) groups is 1. The number of nitrogens with one attached hydrogen (secondary N) is 1. The van der Waals surface area contributed by atoms with E-state index in [9.17, 15) is 4.79 Å². The van der Waals surface area contributed by atoms with Crippen molar-refractivity contribution in [3.8, 4) is 0 Å². The lowest BCUT2D eigenvalue weighted by molar-refractivity contribution is 0.123. The maximum atomic E-state index is 11.3. The number of rotatable bonds is 4. The molecule has 4 nitrogen and oxygen atoms in total. The largest absolute Gasteiger partial charge is 0.449 e. The van der Waals surface area contributed by atoms with E-state index >= 15 is 0 Å². The molecule has 2 unspecified atom stereocenters. The number of ether oxygens (including phenoxy) is 1. The fraction of sp³-hybridized carbons (Fsp3) is 0.909. The molecule has 88 valence electrons. The van der Waals surface area contributed by atoms with Crippen molar-refractivity contribution in [1.82, 2.24) is 5.32 Å². The first-order valence-electron chi connectivity index (χ1n) is 5.67. The van der Waals surface area contributed by atoms with Gasteiger partial charge in [0.1, 0.15) is 0 Å². The van der Waals surface area contributed by atoms with Crippen LogP contribution in [0.5, 0.6) is 0 Å². The lowest BCUT2D eigenvalue weighted by Gasteiger charge is -2.19. The minimum Gasteiger partial charge on any atom is -0.449 e. The number of hydrogen-bond acceptors (Lipinski definition) is 3. The van der Waals surface area contributed by atoms with Gasteiger partial charge in [0.2, 0.25) is 0 Å². The van der Waals surface area contributed by atoms with Crippen molar-refractivity contribution in [2.45, 2.75) is 39.2 Å². The molecule has 0 bridgehead atoms. The summed E-state index contributed by atoms with van der Waals surface area (Å²) in [6.07, 6.45) is 2.66. The van der Waals surface area contributed by atoms with Gasteiger partial charge in [-0.15, -0.1) is 0 Å². The first kappa shape index (κ1) is 12.3. The van der Waals surface area contributed by atoms with Gasteiger partial charge in [-0.1, -0.05) is 20.3 Å². The molecule has 0 aromatic heterocycles. The molecule has 4 heteroatoms. The SMILES string of the molecule is CC(C)COC(=O)NC1CCCC1CO. The van der Waals surface area contributed by atoms with Crippen molar-refractivity contribution in [2.75, 3.05) is 13.2 Å². The first-order chi connectivity index (χ1) is 7.13. The molecular formula is C11H21NO3. The second kappa shape index (κ2) is 5.95. The molecule has 1 aliphatic carbocycles. The molecule has 1 aliphatic rings. The van der Waals surface area contributed by atoms with Gasteiger partial charge in [0.25, 0.3) is 0 Å². The molecule has 0 aromatic rings. The third-order valence-electron chi connectivity index (χ3n) is 2.74. The van der Waals surface area contributed by atoms with Gasteiger partial charge >= 0.3 is 6.09 Å². The van der Waals surface area contributed by atoms with Crippen molar-refractivity contribution < 1.29 is 14.6 Å². The Hall–Kier alpha value is -0.770. The van der Waals surface area contributed by atoms with E-state index in [0.29, 0.717) is 12.5 Å². The number of alkyl carbamates (subject to hydrolysis) is 1. The van der Waals surface area contributed by atoms with E-state index in [1.54, 1.807) is 0 Å². The first-order valence-corrected chi connectivity index (χ1v) is 5.67. The molecule has 2 atom stereocenters. The van der Waals surface area contributed by atoms with Crippen molar-refractivity contribution in [2.24, 2.45) is 11.8 Å². The standard InChI is InChI=1S/C11H21NO3/c1-8(2)7-15-11(14)12-10-5-3-4-9(10)6-13/h8-10,13H,3-7H2,1-2H3,(H,12,14). The molecule has 1 saturated carbocycles. The highest BCUT2D eigenvalue weighted by Gasteiger charge is 2.28. The van der Waals surface area contributed by atoms with Crippen LogP contribution < -0.4 is 5.32 Å². The molecule has 2 N–H and O–H groups in total. The van der Waals surface area contributed by atoms with Gasteiger partial charge < -0.3 is 15.2 Å². The Morgan fingerprint density at radius 3 is 2.87 bits per heavy atom. The molecule has 0 spiro atoms. The van der Waals surface area contributed by atoms with Gasteiger partial charge in [0.15, 0.2) is 0 Å². The van der Waals surface area contributed by atoms with Crippen LogP contribution >= 0.6 is 0 Å². The molecule has 15 heavy (non-hydrogen) atoms. The van der Waals surface area contributed by atoms with Gasteiger partial charge in [-0.25, -0.2) is 4.79 Å². The Morgan fingerprint density at radius 1 is 1.53 bits per heavy atom. The number of carbonyl (C=O) groups excluding carboxylic acids is 1. The molecule has 0 heterocycles. The highest BCUT2D eigenvalue weighted by molar-refractivity contribution is 5.67. The fourth-order valence-electron chi connectivity index (χ4n) is 1.88. The Bertz CT molecular complexity index is 206. The summed E-state index contributed by atoms with van der Waals surface area (Å²) in [6, 6.07) is 0.0923. The van der Waals surface area contributed by atoms with E-state index < -0.39 is 0 Å². The minimum atomic E-state index is -0.353. The van der Waals surface area contributed by atoms with Gasteiger partial charge in [-0.2, -0.15) is 0 Å². The lowest BCUT2D eigenvalue weighted by atomic mass is 10.1. The smallest absolute Gasteiger partial charge is 0.407 e. The van der Waals surface area contributed by atoms with Gasteiger partial charge in [-0.05, 0) is 18.8 Å². The highest BCUT2D eigenvalue weighted by atomic mass is 16.5. The second-order valence-corrected chi connectivity index (χ2v) is 4.62. The summed E-state index contributed by atoms with van der Waals surface area (Å²) in [5.74, 6) is 0.560. The van der Waals surface area contributed by atoms with E-state index in [0.717, 1.165) is 19.3 Å². The molecule has 0 aliphatic heterocycles. The molecular weight excluding hydrogens is 194 g/mol. The third-order valence-corrected chi connectivity index (χ3v) is 2.74. The number of amides is 1. The van der Waals surface area contributed by atoms with Crippen LogP contribution in [-0.4, -0.2) is 30.5 Å². The van der Waals surface area contributed by atoms with Gasteiger partial charge in [-0.3, -0.25) is 0 Å². The van der Waals surface area contributed by atoms with Crippen LogP contribution in [0, 0.1) is 11.8 Å². The van der Waals surface area contributed by atoms with E-state index in [2.05, 4.69) is 5.32 Å². The molecule has 0 radical (unpaired) electrons. The highest BCUT2D eigenvalue weighted by Crippen LogP contribution is 2.24. The predicted molar refractivity (Wildman–Crippen MR) is 57.5 cm³/mol. The molecule has 1 fully saturated rings. The summed E-state index contributed by atoms with van der Waals surface area (Å²) in [6.45, 7) is 4.59. The van der Waals surface area contributed by atoms with Crippen LogP contribution in [0.15, 0.2) is 0 Å². The lowest BCUT2D eigenvalue weighted by Crippen LogP contribution is -2.39. The number of aliphatic hydroxyl groups is 1. The molecule has 1 rings (SSSR count). The van der Waals surface area contributed by atoms with Crippen LogP contribution in [0.25, 0.3) is 0 Å². The van der Waals surface area contributed by atoms with Crippen LogP contribution in [0.4, 0.5) is 4.79 Å². The third kappa shape index (κ3) is 4.08. The summed E-state index contributed by atoms with van der Waals surface area (Å²) in [7, 11) is 0. The van der Waals surface area contributed by atoms with Crippen LogP contribution in [-0.2, 0) is 4.74 Å².